The van der Waals surface area contributed by atoms with Gasteiger partial charge in [-0.1, -0.05) is 35.3 Å². The molecule has 8 heteroatoms. The van der Waals surface area contributed by atoms with E-state index < -0.39 is 0 Å². The second-order valence-corrected chi connectivity index (χ2v) is 9.60. The topological polar surface area (TPSA) is 46.0 Å². The monoisotopic (exact) mass is 507 g/mol. The summed E-state index contributed by atoms with van der Waals surface area (Å²) in [6.07, 6.45) is 5.48. The Bertz CT molecular complexity index is 1340. The summed E-state index contributed by atoms with van der Waals surface area (Å²) in [5, 5.41) is 5.44. The Labute approximate surface area is 214 Å². The third kappa shape index (κ3) is 4.17. The SMILES string of the molecule is Cc1cc([C@H]2[C@H](c3ccccn3)NC(=S)N2Cc2cccnc2)c(C)n1-c1ccc(Cl)cc1Cl. The molecule has 0 unspecified atom stereocenters. The lowest BCUT2D eigenvalue weighted by Gasteiger charge is -2.28. The van der Waals surface area contributed by atoms with Crippen LogP contribution in [0.2, 0.25) is 10.0 Å². The molecule has 1 saturated heterocycles. The minimum atomic E-state index is -0.0972. The largest absolute Gasteiger partial charge is 0.352 e. The van der Waals surface area contributed by atoms with E-state index >= 15 is 0 Å². The Morgan fingerprint density at radius 2 is 1.88 bits per heavy atom. The van der Waals surface area contributed by atoms with E-state index in [1.165, 1.54) is 0 Å². The van der Waals surface area contributed by atoms with E-state index in [2.05, 4.69) is 50.7 Å². The summed E-state index contributed by atoms with van der Waals surface area (Å²) >= 11 is 18.6. The van der Waals surface area contributed by atoms with Crippen LogP contribution in [-0.2, 0) is 6.54 Å². The molecule has 1 aromatic carbocycles. The molecule has 1 aliphatic rings. The number of thiocarbonyl (C=S) groups is 1. The van der Waals surface area contributed by atoms with Crippen molar-refractivity contribution in [1.29, 1.82) is 0 Å². The molecule has 1 aliphatic heterocycles. The molecule has 2 atom stereocenters. The standard InChI is InChI=1S/C26H23Cl2N5S/c1-16-12-20(17(2)33(16)23-9-8-19(27)13-21(23)28)25-24(22-7-3-4-11-30-22)31-26(34)32(25)15-18-6-5-10-29-14-18/h3-14,24-25H,15H2,1-2H3,(H,31,34)/t24-,25-/m0/s1. The number of hydrogen-bond acceptors (Lipinski definition) is 3. The highest BCUT2D eigenvalue weighted by atomic mass is 35.5. The highest BCUT2D eigenvalue weighted by Gasteiger charge is 2.41. The molecule has 0 spiro atoms. The minimum absolute atomic E-state index is 0.0615. The Hall–Kier alpha value is -2.93. The predicted octanol–water partition coefficient (Wildman–Crippen LogP) is 6.36. The maximum Gasteiger partial charge on any atom is 0.170 e. The van der Waals surface area contributed by atoms with Gasteiger partial charge in [0, 0.05) is 41.5 Å². The summed E-state index contributed by atoms with van der Waals surface area (Å²) in [5.41, 5.74) is 6.26. The smallest absolute Gasteiger partial charge is 0.170 e. The number of halogens is 2. The lowest BCUT2D eigenvalue weighted by atomic mass is 9.96. The molecule has 0 bridgehead atoms. The summed E-state index contributed by atoms with van der Waals surface area (Å²) in [6.45, 7) is 4.84. The third-order valence-electron chi connectivity index (χ3n) is 6.21. The van der Waals surface area contributed by atoms with E-state index in [4.69, 9.17) is 35.4 Å². The van der Waals surface area contributed by atoms with E-state index in [-0.39, 0.29) is 12.1 Å². The fourth-order valence-corrected chi connectivity index (χ4v) is 5.52. The molecule has 172 valence electrons. The molecule has 5 rings (SSSR count). The Morgan fingerprint density at radius 3 is 2.59 bits per heavy atom. The van der Waals surface area contributed by atoms with Crippen molar-refractivity contribution >= 4 is 40.5 Å². The van der Waals surface area contributed by atoms with Crippen LogP contribution in [0.1, 0.15) is 40.3 Å². The van der Waals surface area contributed by atoms with Crippen LogP contribution in [0.25, 0.3) is 5.69 Å². The summed E-state index contributed by atoms with van der Waals surface area (Å²) in [6, 6.07) is 17.6. The van der Waals surface area contributed by atoms with E-state index in [0.717, 1.165) is 33.9 Å². The zero-order chi connectivity index (χ0) is 23.8. The van der Waals surface area contributed by atoms with Gasteiger partial charge in [0.05, 0.1) is 28.5 Å². The van der Waals surface area contributed by atoms with Crippen LogP contribution < -0.4 is 5.32 Å². The van der Waals surface area contributed by atoms with Crippen molar-refractivity contribution < 1.29 is 0 Å². The van der Waals surface area contributed by atoms with Gasteiger partial charge in [-0.3, -0.25) is 9.97 Å². The molecular formula is C26H23Cl2N5S. The molecule has 0 saturated carbocycles. The van der Waals surface area contributed by atoms with E-state index in [1.807, 2.05) is 48.8 Å². The average molecular weight is 508 g/mol. The van der Waals surface area contributed by atoms with Crippen molar-refractivity contribution in [3.63, 3.8) is 0 Å². The summed E-state index contributed by atoms with van der Waals surface area (Å²) in [4.78, 5) is 11.2. The van der Waals surface area contributed by atoms with Crippen LogP contribution in [0.5, 0.6) is 0 Å². The number of hydrogen-bond donors (Lipinski definition) is 1. The van der Waals surface area contributed by atoms with Crippen LogP contribution in [-0.4, -0.2) is 24.5 Å². The number of aryl methyl sites for hydroxylation is 1. The number of aromatic nitrogens is 3. The second kappa shape index (κ2) is 9.37. The minimum Gasteiger partial charge on any atom is -0.352 e. The Balaban J connectivity index is 1.63. The first-order chi connectivity index (χ1) is 16.4. The predicted molar refractivity (Wildman–Crippen MR) is 140 cm³/mol. The third-order valence-corrected chi connectivity index (χ3v) is 7.10. The first-order valence-corrected chi connectivity index (χ1v) is 12.1. The summed E-state index contributed by atoms with van der Waals surface area (Å²) < 4.78 is 2.17. The molecule has 4 aromatic rings. The molecule has 0 amide bonds. The van der Waals surface area contributed by atoms with E-state index in [0.29, 0.717) is 21.7 Å². The molecule has 3 aromatic heterocycles. The molecule has 34 heavy (non-hydrogen) atoms. The summed E-state index contributed by atoms with van der Waals surface area (Å²) in [5.74, 6) is 0. The molecule has 0 aliphatic carbocycles. The van der Waals surface area contributed by atoms with Crippen LogP contribution in [0, 0.1) is 13.8 Å². The lowest BCUT2D eigenvalue weighted by molar-refractivity contribution is 0.310. The molecule has 5 nitrogen and oxygen atoms in total. The number of nitrogens with one attached hydrogen (secondary N) is 1. The van der Waals surface area contributed by atoms with Gasteiger partial charge in [0.25, 0.3) is 0 Å². The first kappa shape index (κ1) is 22.8. The molecule has 1 fully saturated rings. The Kier molecular flexibility index (Phi) is 6.30. The van der Waals surface area contributed by atoms with E-state index in [9.17, 15) is 0 Å². The van der Waals surface area contributed by atoms with Gasteiger partial charge in [0.1, 0.15) is 0 Å². The number of rotatable bonds is 5. The van der Waals surface area contributed by atoms with E-state index in [1.54, 1.807) is 12.3 Å². The van der Waals surface area contributed by atoms with Crippen molar-refractivity contribution in [2.45, 2.75) is 32.5 Å². The van der Waals surface area contributed by atoms with Gasteiger partial charge in [-0.25, -0.2) is 0 Å². The van der Waals surface area contributed by atoms with Crippen molar-refractivity contribution in [3.05, 3.63) is 111 Å². The molecule has 0 radical (unpaired) electrons. The van der Waals surface area contributed by atoms with Gasteiger partial charge in [0.15, 0.2) is 5.11 Å². The van der Waals surface area contributed by atoms with Crippen LogP contribution in [0.15, 0.2) is 73.2 Å². The van der Waals surface area contributed by atoms with Gasteiger partial charge in [-0.15, -0.1) is 0 Å². The van der Waals surface area contributed by atoms with Crippen molar-refractivity contribution in [2.75, 3.05) is 0 Å². The number of benzene rings is 1. The maximum atomic E-state index is 6.59. The first-order valence-electron chi connectivity index (χ1n) is 11.0. The fourth-order valence-electron chi connectivity index (χ4n) is 4.72. The fraction of sp³-hybridized carbons (Fsp3) is 0.192. The van der Waals surface area contributed by atoms with Crippen molar-refractivity contribution in [3.8, 4) is 5.69 Å². The molecule has 4 heterocycles. The van der Waals surface area contributed by atoms with Crippen molar-refractivity contribution in [2.24, 2.45) is 0 Å². The van der Waals surface area contributed by atoms with Gasteiger partial charge in [0.2, 0.25) is 0 Å². The van der Waals surface area contributed by atoms with Crippen LogP contribution in [0.3, 0.4) is 0 Å². The second-order valence-electron chi connectivity index (χ2n) is 8.37. The van der Waals surface area contributed by atoms with Gasteiger partial charge in [-0.05, 0) is 79.7 Å². The molecular weight excluding hydrogens is 485 g/mol. The van der Waals surface area contributed by atoms with Crippen LogP contribution in [0.4, 0.5) is 0 Å². The maximum absolute atomic E-state index is 6.59. The summed E-state index contributed by atoms with van der Waals surface area (Å²) in [7, 11) is 0. The zero-order valence-electron chi connectivity index (χ0n) is 18.7. The molecule has 1 N–H and O–H groups in total. The van der Waals surface area contributed by atoms with Gasteiger partial charge in [-0.2, -0.15) is 0 Å². The quantitative estimate of drug-likeness (QED) is 0.318. The van der Waals surface area contributed by atoms with Crippen molar-refractivity contribution in [1.82, 2.24) is 24.8 Å². The lowest BCUT2D eigenvalue weighted by Crippen LogP contribution is -2.29. The van der Waals surface area contributed by atoms with Crippen LogP contribution >= 0.6 is 35.4 Å². The number of pyridine rings is 2. The average Bonchev–Trinajstić information content (AvgIpc) is 3.30. The zero-order valence-corrected chi connectivity index (χ0v) is 21.1. The Morgan fingerprint density at radius 1 is 1.03 bits per heavy atom. The normalized spacial score (nSPS) is 17.8. The highest BCUT2D eigenvalue weighted by Crippen LogP contribution is 2.42. The van der Waals surface area contributed by atoms with Gasteiger partial charge < -0.3 is 14.8 Å². The highest BCUT2D eigenvalue weighted by molar-refractivity contribution is 7.80. The van der Waals surface area contributed by atoms with Gasteiger partial charge >= 0.3 is 0 Å². The number of nitrogens with zero attached hydrogens (tertiary/aromatic N) is 4.